The summed E-state index contributed by atoms with van der Waals surface area (Å²) in [6.07, 6.45) is 2.59. The molecule has 3 heteroatoms. The molecule has 2 rings (SSSR count). The third kappa shape index (κ3) is 4.06. The summed E-state index contributed by atoms with van der Waals surface area (Å²) in [5.74, 6) is 1.08. The molecule has 104 valence electrons. The molecule has 19 heavy (non-hydrogen) atoms. The molecular formula is C16H22O3. The van der Waals surface area contributed by atoms with Crippen molar-refractivity contribution in [1.82, 2.24) is 0 Å². The molecule has 0 amide bonds. The molecule has 0 saturated carbocycles. The molecule has 0 bridgehead atoms. The average molecular weight is 262 g/mol. The van der Waals surface area contributed by atoms with E-state index in [1.165, 1.54) is 0 Å². The number of ketones is 1. The first-order chi connectivity index (χ1) is 8.96. The summed E-state index contributed by atoms with van der Waals surface area (Å²) in [6.45, 7) is 7.18. The van der Waals surface area contributed by atoms with Crippen LogP contribution in [-0.2, 0) is 11.2 Å². The van der Waals surface area contributed by atoms with E-state index in [0.717, 1.165) is 29.7 Å². The van der Waals surface area contributed by atoms with Crippen molar-refractivity contribution in [2.24, 2.45) is 0 Å². The van der Waals surface area contributed by atoms with E-state index < -0.39 is 0 Å². The number of fused-ring (bicyclic) bond motifs is 1. The van der Waals surface area contributed by atoms with Gasteiger partial charge in [-0.1, -0.05) is 0 Å². The van der Waals surface area contributed by atoms with Crippen molar-refractivity contribution in [1.29, 1.82) is 0 Å². The number of ether oxygens (including phenoxy) is 2. The maximum atomic E-state index is 11.7. The molecule has 1 aliphatic rings. The second kappa shape index (κ2) is 5.74. The van der Waals surface area contributed by atoms with Gasteiger partial charge in [0.05, 0.1) is 12.2 Å². The Labute approximate surface area is 114 Å². The number of carbonyl (C=O) groups excluding carboxylic acids is 1. The summed E-state index contributed by atoms with van der Waals surface area (Å²) >= 11 is 0. The predicted octanol–water partition coefficient (Wildman–Crippen LogP) is 3.40. The second-order valence-corrected chi connectivity index (χ2v) is 5.90. The molecule has 0 N–H and O–H groups in total. The van der Waals surface area contributed by atoms with Crippen molar-refractivity contribution in [3.8, 4) is 5.75 Å². The highest BCUT2D eigenvalue weighted by Crippen LogP contribution is 2.25. The maximum absolute atomic E-state index is 11.7. The van der Waals surface area contributed by atoms with Gasteiger partial charge in [-0.3, -0.25) is 4.79 Å². The fraction of sp³-hybridized carbons (Fsp3) is 0.562. The van der Waals surface area contributed by atoms with Gasteiger partial charge in [-0.05, 0) is 57.4 Å². The molecule has 1 aromatic carbocycles. The fourth-order valence-electron chi connectivity index (χ4n) is 2.22. The van der Waals surface area contributed by atoms with Crippen molar-refractivity contribution in [3.05, 3.63) is 29.3 Å². The van der Waals surface area contributed by atoms with Crippen LogP contribution in [0.25, 0.3) is 0 Å². The number of aryl methyl sites for hydroxylation is 1. The Kier molecular flexibility index (Phi) is 4.25. The summed E-state index contributed by atoms with van der Waals surface area (Å²) in [7, 11) is 0. The van der Waals surface area contributed by atoms with Gasteiger partial charge in [0, 0.05) is 12.0 Å². The highest BCUT2D eigenvalue weighted by molar-refractivity contribution is 5.98. The van der Waals surface area contributed by atoms with Gasteiger partial charge >= 0.3 is 0 Å². The number of Topliss-reactive ketones (excluding diaryl/α,β-unsaturated/α-hetero) is 1. The number of carbonyl (C=O) groups is 1. The Bertz CT molecular complexity index is 458. The van der Waals surface area contributed by atoms with E-state index in [9.17, 15) is 4.79 Å². The molecule has 0 atom stereocenters. The monoisotopic (exact) mass is 262 g/mol. The molecular weight excluding hydrogens is 240 g/mol. The lowest BCUT2D eigenvalue weighted by molar-refractivity contribution is -0.0163. The Hall–Kier alpha value is -1.35. The molecule has 0 spiro atoms. The first-order valence-electron chi connectivity index (χ1n) is 6.88. The molecule has 0 fully saturated rings. The normalized spacial score (nSPS) is 15.2. The van der Waals surface area contributed by atoms with Crippen LogP contribution in [-0.4, -0.2) is 24.6 Å². The second-order valence-electron chi connectivity index (χ2n) is 5.90. The lowest BCUT2D eigenvalue weighted by atomic mass is 9.91. The minimum Gasteiger partial charge on any atom is -0.491 e. The van der Waals surface area contributed by atoms with E-state index in [4.69, 9.17) is 9.47 Å². The van der Waals surface area contributed by atoms with Crippen LogP contribution < -0.4 is 4.74 Å². The van der Waals surface area contributed by atoms with E-state index in [0.29, 0.717) is 19.6 Å². The number of hydrogen-bond acceptors (Lipinski definition) is 3. The van der Waals surface area contributed by atoms with Gasteiger partial charge < -0.3 is 9.47 Å². The van der Waals surface area contributed by atoms with Gasteiger partial charge in [0.1, 0.15) is 12.4 Å². The van der Waals surface area contributed by atoms with Gasteiger partial charge in [0.25, 0.3) is 0 Å². The third-order valence-corrected chi connectivity index (χ3v) is 3.11. The van der Waals surface area contributed by atoms with Gasteiger partial charge in [-0.25, -0.2) is 0 Å². The van der Waals surface area contributed by atoms with E-state index in [1.54, 1.807) is 0 Å². The Morgan fingerprint density at radius 3 is 2.68 bits per heavy atom. The van der Waals surface area contributed by atoms with Gasteiger partial charge in [0.2, 0.25) is 0 Å². The number of benzene rings is 1. The Morgan fingerprint density at radius 1 is 1.16 bits per heavy atom. The Balaban J connectivity index is 1.90. The van der Waals surface area contributed by atoms with Crippen LogP contribution in [0.4, 0.5) is 0 Å². The highest BCUT2D eigenvalue weighted by atomic mass is 16.5. The van der Waals surface area contributed by atoms with Crippen LogP contribution >= 0.6 is 0 Å². The molecule has 0 saturated heterocycles. The van der Waals surface area contributed by atoms with Crippen molar-refractivity contribution in [2.75, 3.05) is 13.2 Å². The number of rotatable bonds is 4. The fourth-order valence-corrected chi connectivity index (χ4v) is 2.22. The van der Waals surface area contributed by atoms with Crippen molar-refractivity contribution >= 4 is 5.78 Å². The van der Waals surface area contributed by atoms with E-state index in [1.807, 2.05) is 39.0 Å². The van der Waals surface area contributed by atoms with E-state index in [-0.39, 0.29) is 11.4 Å². The van der Waals surface area contributed by atoms with Crippen molar-refractivity contribution in [2.45, 2.75) is 45.6 Å². The summed E-state index contributed by atoms with van der Waals surface area (Å²) in [6, 6.07) is 5.75. The summed E-state index contributed by atoms with van der Waals surface area (Å²) < 4.78 is 11.3. The summed E-state index contributed by atoms with van der Waals surface area (Å²) in [4.78, 5) is 11.7. The minimum atomic E-state index is -0.133. The maximum Gasteiger partial charge on any atom is 0.163 e. The molecule has 0 unspecified atom stereocenters. The smallest absolute Gasteiger partial charge is 0.163 e. The summed E-state index contributed by atoms with van der Waals surface area (Å²) in [5.41, 5.74) is 1.85. The topological polar surface area (TPSA) is 35.5 Å². The van der Waals surface area contributed by atoms with Crippen LogP contribution in [0.1, 0.15) is 49.5 Å². The third-order valence-electron chi connectivity index (χ3n) is 3.11. The van der Waals surface area contributed by atoms with E-state index in [2.05, 4.69) is 0 Å². The van der Waals surface area contributed by atoms with Crippen LogP contribution in [0, 0.1) is 0 Å². The lowest BCUT2D eigenvalue weighted by Crippen LogP contribution is -2.22. The molecule has 0 heterocycles. The molecule has 1 aliphatic carbocycles. The highest BCUT2D eigenvalue weighted by Gasteiger charge is 2.17. The standard InChI is InChI=1S/C16H22O3/c1-16(2,3)19-10-9-18-13-7-8-14-12(11-13)5-4-6-15(14)17/h7-8,11H,4-6,9-10H2,1-3H3. The zero-order valence-electron chi connectivity index (χ0n) is 12.0. The first-order valence-corrected chi connectivity index (χ1v) is 6.88. The lowest BCUT2D eigenvalue weighted by Gasteiger charge is -2.20. The quantitative estimate of drug-likeness (QED) is 0.780. The minimum absolute atomic E-state index is 0.133. The zero-order chi connectivity index (χ0) is 13.9. The van der Waals surface area contributed by atoms with Gasteiger partial charge in [-0.2, -0.15) is 0 Å². The summed E-state index contributed by atoms with van der Waals surface area (Å²) in [5, 5.41) is 0. The SMILES string of the molecule is CC(C)(C)OCCOc1ccc2c(c1)CCCC2=O. The van der Waals surface area contributed by atoms with E-state index >= 15 is 0 Å². The molecule has 0 radical (unpaired) electrons. The van der Waals surface area contributed by atoms with Crippen LogP contribution in [0.3, 0.4) is 0 Å². The Morgan fingerprint density at radius 2 is 1.95 bits per heavy atom. The van der Waals surface area contributed by atoms with Crippen molar-refractivity contribution < 1.29 is 14.3 Å². The molecule has 1 aromatic rings. The molecule has 0 aliphatic heterocycles. The number of hydrogen-bond donors (Lipinski definition) is 0. The first kappa shape index (κ1) is 14.1. The average Bonchev–Trinajstić information content (AvgIpc) is 2.34. The van der Waals surface area contributed by atoms with Gasteiger partial charge in [0.15, 0.2) is 5.78 Å². The predicted molar refractivity (Wildman–Crippen MR) is 74.9 cm³/mol. The largest absolute Gasteiger partial charge is 0.491 e. The zero-order valence-corrected chi connectivity index (χ0v) is 12.0. The van der Waals surface area contributed by atoms with Crippen LogP contribution in [0.5, 0.6) is 5.75 Å². The van der Waals surface area contributed by atoms with Crippen molar-refractivity contribution in [3.63, 3.8) is 0 Å². The molecule has 0 aromatic heterocycles. The van der Waals surface area contributed by atoms with Crippen LogP contribution in [0.2, 0.25) is 0 Å². The molecule has 3 nitrogen and oxygen atoms in total. The van der Waals surface area contributed by atoms with Crippen LogP contribution in [0.15, 0.2) is 18.2 Å². The van der Waals surface area contributed by atoms with Gasteiger partial charge in [-0.15, -0.1) is 0 Å².